The number of carbonyl (C=O) groups excluding carboxylic acids is 1. The minimum atomic E-state index is -0.485. The molecule has 3 aromatic carbocycles. The summed E-state index contributed by atoms with van der Waals surface area (Å²) < 4.78 is 18.0. The highest BCUT2D eigenvalue weighted by molar-refractivity contribution is 9.10. The van der Waals surface area contributed by atoms with Crippen LogP contribution in [0.3, 0.4) is 0 Å². The van der Waals surface area contributed by atoms with E-state index >= 15 is 0 Å². The van der Waals surface area contributed by atoms with Crippen molar-refractivity contribution in [3.8, 4) is 22.9 Å². The van der Waals surface area contributed by atoms with Gasteiger partial charge in [0.2, 0.25) is 0 Å². The van der Waals surface area contributed by atoms with Gasteiger partial charge in [-0.2, -0.15) is 9.78 Å². The first-order valence-electron chi connectivity index (χ1n) is 11.2. The highest BCUT2D eigenvalue weighted by Gasteiger charge is 2.15. The second-order valence-electron chi connectivity index (χ2n) is 8.04. The Morgan fingerprint density at radius 2 is 1.83 bits per heavy atom. The second kappa shape index (κ2) is 11.2. The van der Waals surface area contributed by atoms with Crippen molar-refractivity contribution in [1.29, 1.82) is 0 Å². The molecule has 0 fully saturated rings. The number of hydrogen-bond donors (Lipinski definition) is 0. The predicted molar refractivity (Wildman–Crippen MR) is 142 cm³/mol. The van der Waals surface area contributed by atoms with Gasteiger partial charge in [0.25, 0.3) is 5.56 Å². The van der Waals surface area contributed by atoms with Crippen molar-refractivity contribution in [2.45, 2.75) is 20.0 Å². The lowest BCUT2D eigenvalue weighted by molar-refractivity contribution is -0.149. The average Bonchev–Trinajstić information content (AvgIpc) is 2.87. The van der Waals surface area contributed by atoms with Crippen LogP contribution in [0, 0.1) is 0 Å². The summed E-state index contributed by atoms with van der Waals surface area (Å²) in [5.41, 5.74) is 1.70. The van der Waals surface area contributed by atoms with Crippen molar-refractivity contribution in [2.24, 2.45) is 5.10 Å². The maximum atomic E-state index is 13.3. The summed E-state index contributed by atoms with van der Waals surface area (Å²) >= 11 is 3.46. The van der Waals surface area contributed by atoms with E-state index in [1.807, 2.05) is 36.4 Å². The van der Waals surface area contributed by atoms with Crippen molar-refractivity contribution in [2.75, 3.05) is 13.7 Å². The minimum Gasteiger partial charge on any atom is -0.493 e. The summed E-state index contributed by atoms with van der Waals surface area (Å²) in [4.78, 5) is 29.9. The van der Waals surface area contributed by atoms with Gasteiger partial charge in [0.15, 0.2) is 23.9 Å². The number of carbonyl (C=O) groups is 1. The van der Waals surface area contributed by atoms with Gasteiger partial charge in [-0.25, -0.2) is 9.78 Å². The lowest BCUT2D eigenvalue weighted by Crippen LogP contribution is -2.20. The molecule has 36 heavy (non-hydrogen) atoms. The fourth-order valence-electron chi connectivity index (χ4n) is 3.51. The van der Waals surface area contributed by atoms with Crippen LogP contribution in [0.5, 0.6) is 11.5 Å². The fourth-order valence-corrected chi connectivity index (χ4v) is 4.09. The normalized spacial score (nSPS) is 11.2. The molecule has 4 aromatic rings. The van der Waals surface area contributed by atoms with Crippen molar-refractivity contribution < 1.29 is 19.0 Å². The Morgan fingerprint density at radius 1 is 1.11 bits per heavy atom. The van der Waals surface area contributed by atoms with E-state index in [2.05, 4.69) is 21.0 Å². The molecule has 1 heterocycles. The van der Waals surface area contributed by atoms with Crippen LogP contribution in [0.4, 0.5) is 0 Å². The first kappa shape index (κ1) is 25.1. The van der Waals surface area contributed by atoms with Crippen LogP contribution in [0.25, 0.3) is 22.3 Å². The number of para-hydroxylation sites is 1. The maximum Gasteiger partial charge on any atom is 0.344 e. The molecule has 0 aliphatic heterocycles. The molecule has 184 valence electrons. The molecule has 0 N–H and O–H groups in total. The number of hydrogen-bond acceptors (Lipinski definition) is 7. The summed E-state index contributed by atoms with van der Waals surface area (Å²) in [6, 6.07) is 20.0. The number of nitrogens with zero attached hydrogens (tertiary/aromatic N) is 3. The molecule has 0 aliphatic rings. The number of esters is 1. The number of ether oxygens (including phenoxy) is 3. The van der Waals surface area contributed by atoms with Crippen molar-refractivity contribution in [3.05, 3.63) is 87.1 Å². The number of fused-ring (bicyclic) bond motifs is 1. The smallest absolute Gasteiger partial charge is 0.344 e. The quantitative estimate of drug-likeness (QED) is 0.225. The maximum absolute atomic E-state index is 13.3. The summed E-state index contributed by atoms with van der Waals surface area (Å²) in [6.45, 7) is 3.27. The fraction of sp³-hybridized carbons (Fsp3) is 0.185. The second-order valence-corrected chi connectivity index (χ2v) is 8.90. The van der Waals surface area contributed by atoms with E-state index in [4.69, 9.17) is 19.2 Å². The number of methoxy groups -OCH3 is 1. The Balaban J connectivity index is 1.71. The van der Waals surface area contributed by atoms with Crippen LogP contribution < -0.4 is 15.0 Å². The standard InChI is InChI=1S/C27H24BrN3O5/c1-17(2)36-24(32)16-35-25-21(28)13-18(14-23(25)34-3)15-29-31-26(19-9-5-4-6-10-19)30-22-12-8-7-11-20(22)27(31)33/h4-15,17H,16H2,1-3H3. The zero-order chi connectivity index (χ0) is 25.7. The molecule has 0 saturated heterocycles. The molecule has 1 aromatic heterocycles. The number of benzene rings is 3. The Morgan fingerprint density at radius 3 is 2.56 bits per heavy atom. The van der Waals surface area contributed by atoms with E-state index in [1.54, 1.807) is 44.2 Å². The Kier molecular flexibility index (Phi) is 7.80. The molecule has 0 spiro atoms. The highest BCUT2D eigenvalue weighted by Crippen LogP contribution is 2.36. The molecule has 0 unspecified atom stereocenters. The molecule has 0 saturated carbocycles. The van der Waals surface area contributed by atoms with Crippen LogP contribution in [0.2, 0.25) is 0 Å². The third-order valence-corrected chi connectivity index (χ3v) is 5.65. The van der Waals surface area contributed by atoms with E-state index in [0.29, 0.717) is 38.3 Å². The summed E-state index contributed by atoms with van der Waals surface area (Å²) in [7, 11) is 1.49. The number of halogens is 1. The van der Waals surface area contributed by atoms with Crippen LogP contribution in [-0.2, 0) is 9.53 Å². The van der Waals surface area contributed by atoms with E-state index in [0.717, 1.165) is 5.56 Å². The largest absolute Gasteiger partial charge is 0.493 e. The summed E-state index contributed by atoms with van der Waals surface area (Å²) in [6.07, 6.45) is 1.30. The van der Waals surface area contributed by atoms with Crippen molar-refractivity contribution >= 4 is 39.0 Å². The van der Waals surface area contributed by atoms with Gasteiger partial charge in [0.05, 0.1) is 34.8 Å². The molecule has 0 amide bonds. The predicted octanol–water partition coefficient (Wildman–Crippen LogP) is 5.05. The van der Waals surface area contributed by atoms with E-state index in [9.17, 15) is 9.59 Å². The monoisotopic (exact) mass is 549 g/mol. The van der Waals surface area contributed by atoms with Gasteiger partial charge < -0.3 is 14.2 Å². The summed E-state index contributed by atoms with van der Waals surface area (Å²) in [5, 5.41) is 4.94. The zero-order valence-electron chi connectivity index (χ0n) is 20.0. The number of aromatic nitrogens is 2. The zero-order valence-corrected chi connectivity index (χ0v) is 21.6. The molecule has 0 radical (unpaired) electrons. The van der Waals surface area contributed by atoms with Gasteiger partial charge in [-0.3, -0.25) is 4.79 Å². The summed E-state index contributed by atoms with van der Waals surface area (Å²) in [5.74, 6) is 0.673. The molecule has 0 bridgehead atoms. The van der Waals surface area contributed by atoms with Crippen LogP contribution in [0.15, 0.2) is 81.1 Å². The third-order valence-electron chi connectivity index (χ3n) is 5.06. The van der Waals surface area contributed by atoms with Gasteiger partial charge >= 0.3 is 5.97 Å². The van der Waals surface area contributed by atoms with Crippen LogP contribution in [-0.4, -0.2) is 41.7 Å². The Bertz CT molecular complexity index is 1480. The van der Waals surface area contributed by atoms with Gasteiger partial charge in [-0.05, 0) is 59.6 Å². The molecule has 4 rings (SSSR count). The lowest BCUT2D eigenvalue weighted by atomic mass is 10.2. The van der Waals surface area contributed by atoms with Crippen molar-refractivity contribution in [1.82, 2.24) is 9.66 Å². The third kappa shape index (κ3) is 5.63. The van der Waals surface area contributed by atoms with E-state index in [1.165, 1.54) is 18.0 Å². The molecular weight excluding hydrogens is 526 g/mol. The molecular formula is C27H24BrN3O5. The highest BCUT2D eigenvalue weighted by atomic mass is 79.9. The lowest BCUT2D eigenvalue weighted by Gasteiger charge is -2.14. The van der Waals surface area contributed by atoms with E-state index in [-0.39, 0.29) is 18.3 Å². The van der Waals surface area contributed by atoms with Crippen LogP contribution >= 0.6 is 15.9 Å². The molecule has 0 atom stereocenters. The SMILES string of the molecule is COc1cc(C=Nn2c(-c3ccccc3)nc3ccccc3c2=O)cc(Br)c1OCC(=O)OC(C)C. The Hall–Kier alpha value is -3.98. The molecule has 8 nitrogen and oxygen atoms in total. The van der Waals surface area contributed by atoms with Gasteiger partial charge in [0.1, 0.15) is 0 Å². The molecule has 0 aliphatic carbocycles. The Labute approximate surface area is 216 Å². The van der Waals surface area contributed by atoms with Gasteiger partial charge in [-0.15, -0.1) is 0 Å². The first-order chi connectivity index (χ1) is 17.4. The van der Waals surface area contributed by atoms with E-state index < -0.39 is 5.97 Å². The van der Waals surface area contributed by atoms with Crippen molar-refractivity contribution in [3.63, 3.8) is 0 Å². The molecule has 9 heteroatoms. The average molecular weight is 550 g/mol. The first-order valence-corrected chi connectivity index (χ1v) is 12.0. The van der Waals surface area contributed by atoms with Crippen LogP contribution in [0.1, 0.15) is 19.4 Å². The minimum absolute atomic E-state index is 0.237. The number of rotatable bonds is 8. The van der Waals surface area contributed by atoms with Gasteiger partial charge in [-0.1, -0.05) is 42.5 Å². The van der Waals surface area contributed by atoms with Gasteiger partial charge in [0, 0.05) is 5.56 Å². The topological polar surface area (TPSA) is 92.0 Å².